The van der Waals surface area contributed by atoms with E-state index in [4.69, 9.17) is 10.7 Å². The zero-order valence-electron chi connectivity index (χ0n) is 9.97. The maximum atomic E-state index is 11.8. The van der Waals surface area contributed by atoms with Crippen LogP contribution in [0.25, 0.3) is 10.9 Å². The highest BCUT2D eigenvalue weighted by molar-refractivity contribution is 8.13. The van der Waals surface area contributed by atoms with E-state index in [1.165, 1.54) is 18.2 Å². The normalized spacial score (nSPS) is 11.9. The van der Waals surface area contributed by atoms with Crippen molar-refractivity contribution in [3.8, 4) is 0 Å². The second kappa shape index (κ2) is 4.40. The van der Waals surface area contributed by atoms with Gasteiger partial charge in [0, 0.05) is 28.7 Å². The monoisotopic (exact) mass is 285 g/mol. The summed E-state index contributed by atoms with van der Waals surface area (Å²) in [4.78, 5) is 11.8. The Hall–Kier alpha value is -1.33. The molecule has 0 amide bonds. The molecule has 0 aliphatic rings. The minimum Gasteiger partial charge on any atom is -0.309 e. The quantitative estimate of drug-likeness (QED) is 0.795. The van der Waals surface area contributed by atoms with E-state index in [0.29, 0.717) is 12.1 Å². The van der Waals surface area contributed by atoms with Gasteiger partial charge in [-0.05, 0) is 37.6 Å². The van der Waals surface area contributed by atoms with Crippen LogP contribution in [-0.4, -0.2) is 13.0 Å². The summed E-state index contributed by atoms with van der Waals surface area (Å²) in [6.45, 7) is 4.17. The lowest BCUT2D eigenvalue weighted by molar-refractivity contribution is 0.609. The van der Waals surface area contributed by atoms with Crippen LogP contribution in [0.5, 0.6) is 0 Å². The standard InChI is InChI=1S/C12H12ClNO3S/c1-3-14-11-5-4-9(18(13,16)17)7-10(11)8(2)6-12(14)15/h4-7H,3H2,1-2H3. The number of aromatic nitrogens is 1. The van der Waals surface area contributed by atoms with Gasteiger partial charge in [0.15, 0.2) is 0 Å². The van der Waals surface area contributed by atoms with Gasteiger partial charge in [0.05, 0.1) is 10.4 Å². The van der Waals surface area contributed by atoms with Crippen LogP contribution in [0.3, 0.4) is 0 Å². The molecule has 6 heteroatoms. The van der Waals surface area contributed by atoms with Crippen molar-refractivity contribution < 1.29 is 8.42 Å². The van der Waals surface area contributed by atoms with E-state index in [-0.39, 0.29) is 10.5 Å². The van der Waals surface area contributed by atoms with Crippen LogP contribution in [0.15, 0.2) is 34.0 Å². The minimum absolute atomic E-state index is 0.0427. The molecule has 0 fully saturated rings. The number of hydrogen-bond acceptors (Lipinski definition) is 3. The molecular formula is C12H12ClNO3S. The van der Waals surface area contributed by atoms with Gasteiger partial charge >= 0.3 is 0 Å². The highest BCUT2D eigenvalue weighted by atomic mass is 35.7. The van der Waals surface area contributed by atoms with E-state index in [1.807, 2.05) is 6.92 Å². The van der Waals surface area contributed by atoms with Crippen LogP contribution >= 0.6 is 10.7 Å². The van der Waals surface area contributed by atoms with Gasteiger partial charge in [0.2, 0.25) is 0 Å². The van der Waals surface area contributed by atoms with E-state index in [1.54, 1.807) is 17.6 Å². The zero-order chi connectivity index (χ0) is 13.5. The molecule has 0 bridgehead atoms. The number of nitrogens with zero attached hydrogens (tertiary/aromatic N) is 1. The summed E-state index contributed by atoms with van der Waals surface area (Å²) < 4.78 is 24.2. The molecule has 0 aliphatic heterocycles. The molecule has 2 aromatic rings. The maximum Gasteiger partial charge on any atom is 0.261 e. The first kappa shape index (κ1) is 13.1. The number of fused-ring (bicyclic) bond motifs is 1. The fraction of sp³-hybridized carbons (Fsp3) is 0.250. The third-order valence-electron chi connectivity index (χ3n) is 2.89. The van der Waals surface area contributed by atoms with Gasteiger partial charge < -0.3 is 4.57 Å². The summed E-state index contributed by atoms with van der Waals surface area (Å²) in [6, 6.07) is 6.02. The van der Waals surface area contributed by atoms with Crippen molar-refractivity contribution in [2.24, 2.45) is 0 Å². The predicted molar refractivity (Wildman–Crippen MR) is 71.7 cm³/mol. The molecule has 4 nitrogen and oxygen atoms in total. The number of pyridine rings is 1. The SMILES string of the molecule is CCn1c(=O)cc(C)c2cc(S(=O)(=O)Cl)ccc21. The lowest BCUT2D eigenvalue weighted by atomic mass is 10.1. The van der Waals surface area contributed by atoms with Crippen LogP contribution < -0.4 is 5.56 Å². The Labute approximate surface area is 109 Å². The van der Waals surface area contributed by atoms with Crippen LogP contribution in [0.4, 0.5) is 0 Å². The number of halogens is 1. The smallest absolute Gasteiger partial charge is 0.261 e. The Kier molecular flexibility index (Phi) is 3.21. The van der Waals surface area contributed by atoms with Crippen molar-refractivity contribution >= 4 is 30.6 Å². The molecule has 0 saturated heterocycles. The van der Waals surface area contributed by atoms with Crippen LogP contribution in [0, 0.1) is 6.92 Å². The first-order chi connectivity index (χ1) is 8.34. The summed E-state index contributed by atoms with van der Waals surface area (Å²) in [5.41, 5.74) is 1.36. The number of hydrogen-bond donors (Lipinski definition) is 0. The maximum absolute atomic E-state index is 11.8. The van der Waals surface area contributed by atoms with E-state index >= 15 is 0 Å². The van der Waals surface area contributed by atoms with E-state index in [9.17, 15) is 13.2 Å². The number of aryl methyl sites for hydroxylation is 2. The molecule has 0 aliphatic carbocycles. The van der Waals surface area contributed by atoms with Gasteiger partial charge in [-0.25, -0.2) is 8.42 Å². The first-order valence-corrected chi connectivity index (χ1v) is 7.74. The third kappa shape index (κ3) is 2.15. The Morgan fingerprint density at radius 3 is 2.50 bits per heavy atom. The van der Waals surface area contributed by atoms with Crippen molar-refractivity contribution in [3.63, 3.8) is 0 Å². The number of benzene rings is 1. The van der Waals surface area contributed by atoms with Crippen molar-refractivity contribution in [1.29, 1.82) is 0 Å². The lowest BCUT2D eigenvalue weighted by Gasteiger charge is -2.10. The van der Waals surface area contributed by atoms with E-state index in [0.717, 1.165) is 10.9 Å². The van der Waals surface area contributed by atoms with Gasteiger partial charge in [-0.1, -0.05) is 0 Å². The van der Waals surface area contributed by atoms with Gasteiger partial charge in [-0.2, -0.15) is 0 Å². The minimum atomic E-state index is -3.76. The molecular weight excluding hydrogens is 274 g/mol. The van der Waals surface area contributed by atoms with Crippen molar-refractivity contribution in [1.82, 2.24) is 4.57 Å². The predicted octanol–water partition coefficient (Wildman–Crippen LogP) is 2.26. The molecule has 2 rings (SSSR count). The Bertz CT molecular complexity index is 778. The van der Waals surface area contributed by atoms with Crippen LogP contribution in [0.2, 0.25) is 0 Å². The second-order valence-corrected chi connectivity index (χ2v) is 6.59. The summed E-state index contributed by atoms with van der Waals surface area (Å²) in [5.74, 6) is 0. The van der Waals surface area contributed by atoms with Crippen LogP contribution in [0.1, 0.15) is 12.5 Å². The Morgan fingerprint density at radius 2 is 1.94 bits per heavy atom. The Balaban J connectivity index is 2.92. The summed E-state index contributed by atoms with van der Waals surface area (Å²) in [7, 11) is 1.56. The summed E-state index contributed by atoms with van der Waals surface area (Å²) in [5, 5.41) is 0.721. The van der Waals surface area contributed by atoms with Crippen LogP contribution in [-0.2, 0) is 15.6 Å². The molecule has 18 heavy (non-hydrogen) atoms. The van der Waals surface area contributed by atoms with Gasteiger partial charge in [0.1, 0.15) is 0 Å². The fourth-order valence-electron chi connectivity index (χ4n) is 2.00. The van der Waals surface area contributed by atoms with Crippen molar-refractivity contribution in [2.75, 3.05) is 0 Å². The summed E-state index contributed by atoms with van der Waals surface area (Å²) >= 11 is 0. The lowest BCUT2D eigenvalue weighted by Crippen LogP contribution is -2.19. The highest BCUT2D eigenvalue weighted by Gasteiger charge is 2.13. The largest absolute Gasteiger partial charge is 0.309 e. The first-order valence-electron chi connectivity index (χ1n) is 5.43. The molecule has 0 saturated carbocycles. The third-order valence-corrected chi connectivity index (χ3v) is 4.24. The zero-order valence-corrected chi connectivity index (χ0v) is 11.5. The van der Waals surface area contributed by atoms with Crippen molar-refractivity contribution in [3.05, 3.63) is 40.2 Å². The van der Waals surface area contributed by atoms with Crippen molar-refractivity contribution in [2.45, 2.75) is 25.3 Å². The van der Waals surface area contributed by atoms with Gasteiger partial charge in [0.25, 0.3) is 14.6 Å². The van der Waals surface area contributed by atoms with Gasteiger partial charge in [-0.3, -0.25) is 4.79 Å². The number of rotatable bonds is 2. The summed E-state index contributed by atoms with van der Waals surface area (Å²) in [6.07, 6.45) is 0. The van der Waals surface area contributed by atoms with E-state index < -0.39 is 9.05 Å². The molecule has 1 aromatic heterocycles. The average Bonchev–Trinajstić information content (AvgIpc) is 2.27. The molecule has 0 spiro atoms. The molecule has 0 unspecified atom stereocenters. The average molecular weight is 286 g/mol. The molecule has 0 atom stereocenters. The molecule has 1 aromatic carbocycles. The highest BCUT2D eigenvalue weighted by Crippen LogP contribution is 2.23. The topological polar surface area (TPSA) is 56.1 Å². The fourth-order valence-corrected chi connectivity index (χ4v) is 2.78. The molecule has 96 valence electrons. The molecule has 1 heterocycles. The Morgan fingerprint density at radius 1 is 1.28 bits per heavy atom. The van der Waals surface area contributed by atoms with Gasteiger partial charge in [-0.15, -0.1) is 0 Å². The molecule has 0 N–H and O–H groups in total. The van der Waals surface area contributed by atoms with E-state index in [2.05, 4.69) is 0 Å². The molecule has 0 radical (unpaired) electrons. The second-order valence-electron chi connectivity index (χ2n) is 4.03.